The highest BCUT2D eigenvalue weighted by Gasteiger charge is 2.20. The van der Waals surface area contributed by atoms with Crippen LogP contribution in [0.3, 0.4) is 0 Å². The third-order valence-electron chi connectivity index (χ3n) is 3.15. The lowest BCUT2D eigenvalue weighted by Gasteiger charge is -2.25. The first-order valence-corrected chi connectivity index (χ1v) is 6.85. The van der Waals surface area contributed by atoms with Gasteiger partial charge < -0.3 is 20.3 Å². The Hall–Kier alpha value is -2.15. The summed E-state index contributed by atoms with van der Waals surface area (Å²) in [6.45, 7) is 2.77. The van der Waals surface area contributed by atoms with Gasteiger partial charge in [-0.2, -0.15) is 0 Å². The maximum atomic E-state index is 12.7. The van der Waals surface area contributed by atoms with Gasteiger partial charge in [0, 0.05) is 32.7 Å². The van der Waals surface area contributed by atoms with E-state index >= 15 is 0 Å². The van der Waals surface area contributed by atoms with Crippen molar-refractivity contribution < 1.29 is 18.7 Å². The Balaban J connectivity index is 1.67. The van der Waals surface area contributed by atoms with Gasteiger partial charge in [0.05, 0.1) is 0 Å². The first kappa shape index (κ1) is 15.2. The van der Waals surface area contributed by atoms with Gasteiger partial charge in [0.1, 0.15) is 5.82 Å². The summed E-state index contributed by atoms with van der Waals surface area (Å²) in [6, 6.07) is 6.02. The van der Waals surface area contributed by atoms with Crippen molar-refractivity contribution in [3.05, 3.63) is 35.6 Å². The van der Waals surface area contributed by atoms with Crippen LogP contribution in [-0.2, 0) is 11.2 Å². The molecular formula is C14H18FN3O3. The van der Waals surface area contributed by atoms with Gasteiger partial charge in [-0.1, -0.05) is 12.1 Å². The van der Waals surface area contributed by atoms with Crippen molar-refractivity contribution >= 4 is 12.2 Å². The van der Waals surface area contributed by atoms with Crippen LogP contribution in [0.15, 0.2) is 24.3 Å². The van der Waals surface area contributed by atoms with Gasteiger partial charge in [-0.3, -0.25) is 0 Å². The first-order valence-electron chi connectivity index (χ1n) is 6.85. The summed E-state index contributed by atoms with van der Waals surface area (Å²) in [4.78, 5) is 24.6. The molecule has 0 saturated carbocycles. The molecule has 1 aliphatic heterocycles. The third kappa shape index (κ3) is 5.03. The Kier molecular flexibility index (Phi) is 5.51. The van der Waals surface area contributed by atoms with Gasteiger partial charge in [0.15, 0.2) is 0 Å². The second kappa shape index (κ2) is 7.58. The lowest BCUT2D eigenvalue weighted by atomic mass is 10.1. The van der Waals surface area contributed by atoms with E-state index in [9.17, 15) is 14.0 Å². The van der Waals surface area contributed by atoms with Crippen molar-refractivity contribution in [2.75, 3.05) is 32.7 Å². The maximum Gasteiger partial charge on any atom is 0.418 e. The summed E-state index contributed by atoms with van der Waals surface area (Å²) in [5.74, 6) is -0.298. The van der Waals surface area contributed by atoms with E-state index in [2.05, 4.69) is 10.6 Å². The fourth-order valence-corrected chi connectivity index (χ4v) is 1.99. The van der Waals surface area contributed by atoms with Crippen LogP contribution >= 0.6 is 0 Å². The minimum atomic E-state index is -0.763. The fraction of sp³-hybridized carbons (Fsp3) is 0.429. The summed E-state index contributed by atoms with van der Waals surface area (Å²) in [5, 5.41) is 5.60. The second-order valence-corrected chi connectivity index (χ2v) is 4.70. The van der Waals surface area contributed by atoms with E-state index in [4.69, 9.17) is 4.74 Å². The van der Waals surface area contributed by atoms with Gasteiger partial charge in [-0.15, -0.1) is 0 Å². The number of nitrogens with one attached hydrogen (secondary N) is 2. The summed E-state index contributed by atoms with van der Waals surface area (Å²) >= 11 is 0. The average molecular weight is 295 g/mol. The number of benzene rings is 1. The number of hydrogen-bond donors (Lipinski definition) is 2. The number of carbonyl (C=O) groups excluding carboxylic acids is 2. The largest absolute Gasteiger partial charge is 0.418 e. The van der Waals surface area contributed by atoms with E-state index in [1.54, 1.807) is 12.1 Å². The molecule has 1 aromatic rings. The summed E-state index contributed by atoms with van der Waals surface area (Å²) in [5.41, 5.74) is 0.894. The highest BCUT2D eigenvalue weighted by Crippen LogP contribution is 2.03. The van der Waals surface area contributed by atoms with E-state index < -0.39 is 12.2 Å². The zero-order valence-corrected chi connectivity index (χ0v) is 11.6. The minimum Gasteiger partial charge on any atom is -0.359 e. The van der Waals surface area contributed by atoms with Gasteiger partial charge in [0.2, 0.25) is 0 Å². The Morgan fingerprint density at radius 1 is 1.24 bits per heavy atom. The molecule has 21 heavy (non-hydrogen) atoms. The molecule has 0 bridgehead atoms. The zero-order valence-electron chi connectivity index (χ0n) is 11.6. The number of alkyl carbamates (subject to hydrolysis) is 1. The second-order valence-electron chi connectivity index (χ2n) is 4.70. The van der Waals surface area contributed by atoms with Crippen molar-refractivity contribution in [1.82, 2.24) is 15.5 Å². The van der Waals surface area contributed by atoms with Crippen molar-refractivity contribution in [3.8, 4) is 0 Å². The molecule has 1 heterocycles. The molecule has 0 spiro atoms. The first-order chi connectivity index (χ1) is 10.1. The molecule has 7 heteroatoms. The molecule has 2 N–H and O–H groups in total. The number of piperazine rings is 1. The molecule has 114 valence electrons. The van der Waals surface area contributed by atoms with Gasteiger partial charge in [-0.05, 0) is 24.1 Å². The Morgan fingerprint density at radius 2 is 1.90 bits per heavy atom. The third-order valence-corrected chi connectivity index (χ3v) is 3.15. The van der Waals surface area contributed by atoms with Crippen LogP contribution in [0.2, 0.25) is 0 Å². The normalized spacial score (nSPS) is 14.6. The molecule has 1 fully saturated rings. The van der Waals surface area contributed by atoms with Crippen LogP contribution in [0.1, 0.15) is 5.56 Å². The predicted molar refractivity (Wildman–Crippen MR) is 74.4 cm³/mol. The molecule has 0 atom stereocenters. The number of rotatable bonds is 3. The van der Waals surface area contributed by atoms with E-state index in [1.165, 1.54) is 17.0 Å². The zero-order chi connectivity index (χ0) is 15.1. The monoisotopic (exact) mass is 295 g/mol. The standard InChI is InChI=1S/C14H18FN3O3/c15-12-3-1-11(2-4-12)5-6-17-13(19)21-14(20)18-9-7-16-8-10-18/h1-4,16H,5-10H2,(H,17,19). The maximum absolute atomic E-state index is 12.7. The van der Waals surface area contributed by atoms with Gasteiger partial charge in [-0.25, -0.2) is 14.0 Å². The lowest BCUT2D eigenvalue weighted by Crippen LogP contribution is -2.47. The van der Waals surface area contributed by atoms with Crippen molar-refractivity contribution in [2.45, 2.75) is 6.42 Å². The summed E-state index contributed by atoms with van der Waals surface area (Å²) in [7, 11) is 0. The number of halogens is 1. The van der Waals surface area contributed by atoms with E-state index in [0.29, 0.717) is 39.1 Å². The minimum absolute atomic E-state index is 0.298. The number of amides is 2. The van der Waals surface area contributed by atoms with Crippen molar-refractivity contribution in [2.24, 2.45) is 0 Å². The van der Waals surface area contributed by atoms with Crippen molar-refractivity contribution in [1.29, 1.82) is 0 Å². The van der Waals surface area contributed by atoms with E-state index in [1.807, 2.05) is 0 Å². The molecule has 0 radical (unpaired) electrons. The predicted octanol–water partition coefficient (Wildman–Crippen LogP) is 1.12. The average Bonchev–Trinajstić information content (AvgIpc) is 2.50. The molecular weight excluding hydrogens is 277 g/mol. The fourth-order valence-electron chi connectivity index (χ4n) is 1.99. The molecule has 6 nitrogen and oxygen atoms in total. The summed E-state index contributed by atoms with van der Waals surface area (Å²) in [6.07, 6.45) is -0.853. The highest BCUT2D eigenvalue weighted by atomic mass is 19.1. The molecule has 1 aliphatic rings. The Bertz CT molecular complexity index is 487. The number of nitrogens with zero attached hydrogens (tertiary/aromatic N) is 1. The highest BCUT2D eigenvalue weighted by molar-refractivity contribution is 5.83. The molecule has 0 aliphatic carbocycles. The van der Waals surface area contributed by atoms with Crippen molar-refractivity contribution in [3.63, 3.8) is 0 Å². The van der Waals surface area contributed by atoms with Crippen LogP contribution in [0.4, 0.5) is 14.0 Å². The lowest BCUT2D eigenvalue weighted by molar-refractivity contribution is 0.113. The van der Waals surface area contributed by atoms with Gasteiger partial charge in [0.25, 0.3) is 0 Å². The topological polar surface area (TPSA) is 70.7 Å². The molecule has 1 aromatic carbocycles. The number of ether oxygens (including phenoxy) is 1. The van der Waals surface area contributed by atoms with Crippen LogP contribution in [-0.4, -0.2) is 49.8 Å². The molecule has 1 saturated heterocycles. The summed E-state index contributed by atoms with van der Waals surface area (Å²) < 4.78 is 17.4. The molecule has 2 amide bonds. The quantitative estimate of drug-likeness (QED) is 0.820. The Labute approximate surface area is 122 Å². The Morgan fingerprint density at radius 3 is 2.57 bits per heavy atom. The van der Waals surface area contributed by atoms with E-state index in [0.717, 1.165) is 5.56 Å². The smallest absolute Gasteiger partial charge is 0.359 e. The van der Waals surface area contributed by atoms with Gasteiger partial charge >= 0.3 is 12.2 Å². The van der Waals surface area contributed by atoms with Crippen LogP contribution < -0.4 is 10.6 Å². The SMILES string of the molecule is O=C(NCCc1ccc(F)cc1)OC(=O)N1CCNCC1. The molecule has 2 rings (SSSR count). The molecule has 0 aromatic heterocycles. The van der Waals surface area contributed by atoms with Crippen LogP contribution in [0.5, 0.6) is 0 Å². The molecule has 0 unspecified atom stereocenters. The number of hydrogen-bond acceptors (Lipinski definition) is 4. The van der Waals surface area contributed by atoms with Crippen LogP contribution in [0, 0.1) is 5.82 Å². The van der Waals surface area contributed by atoms with E-state index in [-0.39, 0.29) is 5.82 Å². The number of carbonyl (C=O) groups is 2. The van der Waals surface area contributed by atoms with Crippen LogP contribution in [0.25, 0.3) is 0 Å².